The standard InChI is InChI=1S/C20H22N4O3S/c1-2-3-9-17(25)21-16-12-10-15(11-13-16)19(27)23-24-20(28)22-18(26)14-7-5-4-6-8-14/h4-8,10-13H,2-3,9H2,1H3,(H,21,25)(H,23,27)(H2,22,24,26,28). The van der Waals surface area contributed by atoms with Crippen LogP contribution in [0.4, 0.5) is 5.69 Å². The molecule has 8 heteroatoms. The summed E-state index contributed by atoms with van der Waals surface area (Å²) in [5.74, 6) is -0.865. The van der Waals surface area contributed by atoms with Crippen molar-refractivity contribution in [2.24, 2.45) is 0 Å². The van der Waals surface area contributed by atoms with Gasteiger partial charge >= 0.3 is 0 Å². The van der Waals surface area contributed by atoms with E-state index >= 15 is 0 Å². The molecule has 3 amide bonds. The number of carbonyl (C=O) groups is 3. The summed E-state index contributed by atoms with van der Waals surface area (Å²) < 4.78 is 0. The number of thiocarbonyl (C=S) groups is 1. The quantitative estimate of drug-likeness (QED) is 0.443. The number of anilines is 1. The Morgan fingerprint density at radius 1 is 0.857 bits per heavy atom. The molecule has 0 aliphatic heterocycles. The maximum atomic E-state index is 12.1. The number of hydrazine groups is 1. The second-order valence-corrected chi connectivity index (χ2v) is 6.37. The van der Waals surface area contributed by atoms with E-state index in [-0.39, 0.29) is 16.9 Å². The fourth-order valence-electron chi connectivity index (χ4n) is 2.25. The zero-order chi connectivity index (χ0) is 20.4. The van der Waals surface area contributed by atoms with Gasteiger partial charge in [0.1, 0.15) is 0 Å². The summed E-state index contributed by atoms with van der Waals surface area (Å²) >= 11 is 5.00. The molecule has 2 rings (SSSR count). The zero-order valence-electron chi connectivity index (χ0n) is 15.5. The monoisotopic (exact) mass is 398 g/mol. The molecular formula is C20H22N4O3S. The van der Waals surface area contributed by atoms with Crippen molar-refractivity contribution in [3.05, 3.63) is 65.7 Å². The zero-order valence-corrected chi connectivity index (χ0v) is 16.3. The average molecular weight is 398 g/mol. The Bertz CT molecular complexity index is 838. The molecule has 0 radical (unpaired) electrons. The minimum Gasteiger partial charge on any atom is -0.326 e. The fraction of sp³-hybridized carbons (Fsp3) is 0.200. The molecule has 28 heavy (non-hydrogen) atoms. The second kappa shape index (κ2) is 10.8. The molecule has 4 N–H and O–H groups in total. The van der Waals surface area contributed by atoms with Gasteiger partial charge in [-0.15, -0.1) is 0 Å². The van der Waals surface area contributed by atoms with Crippen molar-refractivity contribution < 1.29 is 14.4 Å². The van der Waals surface area contributed by atoms with Gasteiger partial charge in [0.2, 0.25) is 5.91 Å². The molecule has 0 spiro atoms. The lowest BCUT2D eigenvalue weighted by Gasteiger charge is -2.11. The number of rotatable bonds is 6. The minimum absolute atomic E-state index is 0.0259. The molecule has 0 saturated carbocycles. The number of carbonyl (C=O) groups excluding carboxylic acids is 3. The van der Waals surface area contributed by atoms with Gasteiger partial charge in [-0.3, -0.25) is 30.6 Å². The van der Waals surface area contributed by atoms with Gasteiger partial charge in [-0.2, -0.15) is 0 Å². The molecule has 0 aliphatic rings. The van der Waals surface area contributed by atoms with E-state index in [1.165, 1.54) is 0 Å². The summed E-state index contributed by atoms with van der Waals surface area (Å²) in [7, 11) is 0. The van der Waals surface area contributed by atoms with Gasteiger partial charge in [0.15, 0.2) is 5.11 Å². The molecule has 0 heterocycles. The lowest BCUT2D eigenvalue weighted by molar-refractivity contribution is -0.116. The maximum absolute atomic E-state index is 12.1. The Labute approximate surface area is 168 Å². The van der Waals surface area contributed by atoms with Gasteiger partial charge in [0.25, 0.3) is 11.8 Å². The van der Waals surface area contributed by atoms with Crippen LogP contribution in [0, 0.1) is 0 Å². The van der Waals surface area contributed by atoms with Gasteiger partial charge in [-0.25, -0.2) is 0 Å². The van der Waals surface area contributed by atoms with Crippen molar-refractivity contribution in [2.45, 2.75) is 26.2 Å². The first-order valence-corrected chi connectivity index (χ1v) is 9.27. The van der Waals surface area contributed by atoms with E-state index in [1.807, 2.05) is 6.92 Å². The van der Waals surface area contributed by atoms with Crippen LogP contribution in [0.15, 0.2) is 54.6 Å². The molecule has 0 unspecified atom stereocenters. The lowest BCUT2D eigenvalue weighted by Crippen LogP contribution is -2.48. The Hall–Kier alpha value is -3.26. The normalized spacial score (nSPS) is 9.89. The topological polar surface area (TPSA) is 99.3 Å². The predicted octanol–water partition coefficient (Wildman–Crippen LogP) is 2.76. The molecule has 0 aromatic heterocycles. The Morgan fingerprint density at radius 2 is 1.50 bits per heavy atom. The minimum atomic E-state index is -0.430. The maximum Gasteiger partial charge on any atom is 0.269 e. The van der Waals surface area contributed by atoms with E-state index in [9.17, 15) is 14.4 Å². The first-order valence-electron chi connectivity index (χ1n) is 8.86. The van der Waals surface area contributed by atoms with Gasteiger partial charge in [-0.1, -0.05) is 31.5 Å². The predicted molar refractivity (Wildman–Crippen MR) is 112 cm³/mol. The van der Waals surface area contributed by atoms with Gasteiger partial charge < -0.3 is 5.32 Å². The van der Waals surface area contributed by atoms with Crippen LogP contribution in [0.3, 0.4) is 0 Å². The van der Waals surface area contributed by atoms with E-state index in [4.69, 9.17) is 12.2 Å². The average Bonchev–Trinajstić information content (AvgIpc) is 2.71. The molecule has 0 atom stereocenters. The fourth-order valence-corrected chi connectivity index (χ4v) is 2.39. The summed E-state index contributed by atoms with van der Waals surface area (Å²) in [6.45, 7) is 2.02. The number of hydrogen-bond donors (Lipinski definition) is 4. The first-order chi connectivity index (χ1) is 13.5. The Kier molecular flexibility index (Phi) is 8.11. The molecule has 0 saturated heterocycles. The van der Waals surface area contributed by atoms with Gasteiger partial charge in [0.05, 0.1) is 0 Å². The molecule has 2 aromatic carbocycles. The number of nitrogens with one attached hydrogen (secondary N) is 4. The van der Waals surface area contributed by atoms with Crippen LogP contribution < -0.4 is 21.5 Å². The summed E-state index contributed by atoms with van der Waals surface area (Å²) in [6, 6.07) is 15.0. The molecule has 0 aliphatic carbocycles. The highest BCUT2D eigenvalue weighted by atomic mass is 32.1. The van der Waals surface area contributed by atoms with Gasteiger partial charge in [0, 0.05) is 23.2 Å². The molecule has 7 nitrogen and oxygen atoms in total. The third-order valence-electron chi connectivity index (χ3n) is 3.74. The highest BCUT2D eigenvalue weighted by Gasteiger charge is 2.09. The SMILES string of the molecule is CCCCC(=O)Nc1ccc(C(=O)NNC(=S)NC(=O)c2ccccc2)cc1. The van der Waals surface area contributed by atoms with Crippen LogP contribution in [0.2, 0.25) is 0 Å². The third kappa shape index (κ3) is 6.81. The van der Waals surface area contributed by atoms with Crippen LogP contribution in [0.1, 0.15) is 46.9 Å². The smallest absolute Gasteiger partial charge is 0.269 e. The number of unbranched alkanes of at least 4 members (excludes halogenated alkanes) is 1. The van der Waals surface area contributed by atoms with Crippen molar-refractivity contribution in [2.75, 3.05) is 5.32 Å². The van der Waals surface area contributed by atoms with E-state index in [0.717, 1.165) is 12.8 Å². The second-order valence-electron chi connectivity index (χ2n) is 5.96. The first kappa shape index (κ1) is 21.0. The van der Waals surface area contributed by atoms with Crippen molar-refractivity contribution in [1.29, 1.82) is 0 Å². The van der Waals surface area contributed by atoms with Crippen molar-refractivity contribution in [3.63, 3.8) is 0 Å². The van der Waals surface area contributed by atoms with Crippen molar-refractivity contribution in [3.8, 4) is 0 Å². The van der Waals surface area contributed by atoms with Crippen LogP contribution >= 0.6 is 12.2 Å². The largest absolute Gasteiger partial charge is 0.326 e. The van der Waals surface area contributed by atoms with E-state index in [0.29, 0.717) is 23.2 Å². The Balaban J connectivity index is 1.80. The molecule has 146 valence electrons. The summed E-state index contributed by atoms with van der Waals surface area (Å²) in [4.78, 5) is 35.8. The van der Waals surface area contributed by atoms with Crippen LogP contribution in [-0.2, 0) is 4.79 Å². The van der Waals surface area contributed by atoms with Crippen LogP contribution in [-0.4, -0.2) is 22.8 Å². The highest BCUT2D eigenvalue weighted by molar-refractivity contribution is 7.80. The summed E-state index contributed by atoms with van der Waals surface area (Å²) in [5.41, 5.74) is 6.34. The van der Waals surface area contributed by atoms with Gasteiger partial charge in [-0.05, 0) is 55.0 Å². The number of hydrogen-bond acceptors (Lipinski definition) is 4. The van der Waals surface area contributed by atoms with Crippen LogP contribution in [0.25, 0.3) is 0 Å². The highest BCUT2D eigenvalue weighted by Crippen LogP contribution is 2.10. The van der Waals surface area contributed by atoms with E-state index < -0.39 is 5.91 Å². The Morgan fingerprint density at radius 3 is 2.14 bits per heavy atom. The van der Waals surface area contributed by atoms with E-state index in [2.05, 4.69) is 21.5 Å². The number of benzene rings is 2. The van der Waals surface area contributed by atoms with Crippen molar-refractivity contribution in [1.82, 2.24) is 16.2 Å². The third-order valence-corrected chi connectivity index (χ3v) is 3.94. The van der Waals surface area contributed by atoms with Crippen LogP contribution in [0.5, 0.6) is 0 Å². The number of amides is 3. The molecule has 0 fully saturated rings. The van der Waals surface area contributed by atoms with Crippen molar-refractivity contribution >= 4 is 40.7 Å². The van der Waals surface area contributed by atoms with E-state index in [1.54, 1.807) is 54.6 Å². The molecule has 2 aromatic rings. The molecule has 0 bridgehead atoms. The molecular weight excluding hydrogens is 376 g/mol. The summed E-state index contributed by atoms with van der Waals surface area (Å²) in [5, 5.41) is 5.22. The summed E-state index contributed by atoms with van der Waals surface area (Å²) in [6.07, 6.45) is 2.25. The lowest BCUT2D eigenvalue weighted by atomic mass is 10.2.